The fraction of sp³-hybridized carbons (Fsp3) is 0.615. The second-order valence-corrected chi connectivity index (χ2v) is 4.70. The third-order valence-electron chi connectivity index (χ3n) is 3.62. The summed E-state index contributed by atoms with van der Waals surface area (Å²) in [5.41, 5.74) is 7.85. The maximum atomic E-state index is 6.00. The molecule has 1 unspecified atom stereocenters. The fourth-order valence-electron chi connectivity index (χ4n) is 2.47. The summed E-state index contributed by atoms with van der Waals surface area (Å²) in [4.78, 5) is 6.81. The van der Waals surface area contributed by atoms with Crippen LogP contribution in [0.1, 0.15) is 25.3 Å². The summed E-state index contributed by atoms with van der Waals surface area (Å²) in [5, 5.41) is 3.38. The fourth-order valence-corrected chi connectivity index (χ4v) is 2.47. The van der Waals surface area contributed by atoms with E-state index in [-0.39, 0.29) is 0 Å². The number of rotatable bonds is 4. The topological polar surface area (TPSA) is 54.2 Å². The molecule has 1 aromatic rings. The maximum Gasteiger partial charge on any atom is 0.149 e. The van der Waals surface area contributed by atoms with Crippen molar-refractivity contribution in [3.63, 3.8) is 0 Å². The minimum atomic E-state index is 0.627. The predicted molar refractivity (Wildman–Crippen MR) is 72.1 cm³/mol. The number of nitrogen functional groups attached to an aromatic ring is 1. The quantitative estimate of drug-likeness (QED) is 0.835. The third-order valence-corrected chi connectivity index (χ3v) is 3.62. The Hall–Kier alpha value is -1.29. The summed E-state index contributed by atoms with van der Waals surface area (Å²) in [5.74, 6) is 0.827. The number of nitrogens with two attached hydrogens (primary N) is 1. The molecule has 0 aromatic carbocycles. The van der Waals surface area contributed by atoms with Crippen LogP contribution >= 0.6 is 0 Å². The number of aromatic nitrogens is 1. The highest BCUT2D eigenvalue weighted by molar-refractivity contribution is 5.64. The van der Waals surface area contributed by atoms with Gasteiger partial charge in [-0.2, -0.15) is 0 Å². The second kappa shape index (κ2) is 5.36. The van der Waals surface area contributed by atoms with Gasteiger partial charge in [0.15, 0.2) is 0 Å². The van der Waals surface area contributed by atoms with Gasteiger partial charge in [-0.15, -0.1) is 0 Å². The van der Waals surface area contributed by atoms with E-state index in [1.54, 1.807) is 6.20 Å². The molecule has 1 aliphatic rings. The van der Waals surface area contributed by atoms with Gasteiger partial charge in [0.05, 0.1) is 5.69 Å². The van der Waals surface area contributed by atoms with Gasteiger partial charge in [-0.25, -0.2) is 4.98 Å². The van der Waals surface area contributed by atoms with Crippen LogP contribution < -0.4 is 11.1 Å². The highest BCUT2D eigenvalue weighted by Crippen LogP contribution is 2.21. The van der Waals surface area contributed by atoms with Crippen LogP contribution in [-0.4, -0.2) is 35.6 Å². The van der Waals surface area contributed by atoms with Crippen molar-refractivity contribution in [2.75, 3.05) is 30.7 Å². The zero-order valence-corrected chi connectivity index (χ0v) is 10.7. The average Bonchev–Trinajstić information content (AvgIpc) is 2.78. The van der Waals surface area contributed by atoms with Gasteiger partial charge in [0.25, 0.3) is 0 Å². The zero-order valence-electron chi connectivity index (χ0n) is 10.7. The third kappa shape index (κ3) is 2.69. The average molecular weight is 234 g/mol. The lowest BCUT2D eigenvalue weighted by Gasteiger charge is -2.23. The first-order valence-electron chi connectivity index (χ1n) is 6.41. The van der Waals surface area contributed by atoms with Crippen molar-refractivity contribution in [2.24, 2.45) is 0 Å². The van der Waals surface area contributed by atoms with Crippen molar-refractivity contribution < 1.29 is 0 Å². The minimum absolute atomic E-state index is 0.627. The molecule has 0 radical (unpaired) electrons. The Morgan fingerprint density at radius 1 is 1.59 bits per heavy atom. The standard InChI is InChI=1S/C13H22N4/c1-3-17-8-4-5-11(17)9-16-13-12(14)10(2)6-7-15-13/h6-7,11H,3-5,8-9,14H2,1-2H3,(H,15,16). The molecule has 17 heavy (non-hydrogen) atoms. The molecule has 3 N–H and O–H groups in total. The Bertz CT molecular complexity index is 378. The molecule has 1 aromatic heterocycles. The van der Waals surface area contributed by atoms with Gasteiger partial charge in [0, 0.05) is 18.8 Å². The van der Waals surface area contributed by atoms with Crippen LogP contribution in [0.15, 0.2) is 12.3 Å². The second-order valence-electron chi connectivity index (χ2n) is 4.70. The van der Waals surface area contributed by atoms with E-state index in [4.69, 9.17) is 5.73 Å². The lowest BCUT2D eigenvalue weighted by atomic mass is 10.2. The molecule has 94 valence electrons. The Labute approximate surface area is 103 Å². The van der Waals surface area contributed by atoms with Crippen LogP contribution in [0.2, 0.25) is 0 Å². The lowest BCUT2D eigenvalue weighted by molar-refractivity contribution is 0.277. The van der Waals surface area contributed by atoms with Crippen molar-refractivity contribution in [3.05, 3.63) is 17.8 Å². The van der Waals surface area contributed by atoms with Gasteiger partial charge in [-0.05, 0) is 44.5 Å². The predicted octanol–water partition coefficient (Wildman–Crippen LogP) is 1.87. The number of hydrogen-bond acceptors (Lipinski definition) is 4. The number of nitrogens with zero attached hydrogens (tertiary/aromatic N) is 2. The van der Waals surface area contributed by atoms with E-state index in [2.05, 4.69) is 22.1 Å². The van der Waals surface area contributed by atoms with E-state index in [0.717, 1.165) is 30.2 Å². The molecule has 1 atom stereocenters. The van der Waals surface area contributed by atoms with E-state index < -0.39 is 0 Å². The van der Waals surface area contributed by atoms with Crippen LogP contribution in [-0.2, 0) is 0 Å². The summed E-state index contributed by atoms with van der Waals surface area (Å²) in [6.45, 7) is 7.52. The van der Waals surface area contributed by atoms with Crippen LogP contribution in [0.3, 0.4) is 0 Å². The van der Waals surface area contributed by atoms with Gasteiger partial charge < -0.3 is 11.1 Å². The van der Waals surface area contributed by atoms with Crippen molar-refractivity contribution >= 4 is 11.5 Å². The van der Waals surface area contributed by atoms with E-state index in [0.29, 0.717) is 6.04 Å². The molecule has 2 heterocycles. The smallest absolute Gasteiger partial charge is 0.149 e. The SMILES string of the molecule is CCN1CCCC1CNc1nccc(C)c1N. The highest BCUT2D eigenvalue weighted by atomic mass is 15.2. The van der Waals surface area contributed by atoms with Gasteiger partial charge in [0.1, 0.15) is 5.82 Å². The molecule has 0 aliphatic carbocycles. The zero-order chi connectivity index (χ0) is 12.3. The largest absolute Gasteiger partial charge is 0.396 e. The monoisotopic (exact) mass is 234 g/mol. The minimum Gasteiger partial charge on any atom is -0.396 e. The molecule has 0 bridgehead atoms. The first kappa shape index (κ1) is 12.2. The molecule has 4 heteroatoms. The number of likely N-dealkylation sites (N-methyl/N-ethyl adjacent to an activating group) is 1. The number of pyridine rings is 1. The summed E-state index contributed by atoms with van der Waals surface area (Å²) >= 11 is 0. The Kier molecular flexibility index (Phi) is 3.84. The van der Waals surface area contributed by atoms with E-state index in [1.165, 1.54) is 19.4 Å². The first-order valence-corrected chi connectivity index (χ1v) is 6.41. The molecule has 1 fully saturated rings. The Balaban J connectivity index is 1.95. The van der Waals surface area contributed by atoms with E-state index >= 15 is 0 Å². The Morgan fingerprint density at radius 3 is 3.18 bits per heavy atom. The first-order chi connectivity index (χ1) is 8.22. The normalized spacial score (nSPS) is 20.7. The van der Waals surface area contributed by atoms with Gasteiger partial charge >= 0.3 is 0 Å². The van der Waals surface area contributed by atoms with Crippen LogP contribution in [0.25, 0.3) is 0 Å². The van der Waals surface area contributed by atoms with Crippen LogP contribution in [0.4, 0.5) is 11.5 Å². The number of aryl methyl sites for hydroxylation is 1. The van der Waals surface area contributed by atoms with Crippen molar-refractivity contribution in [1.29, 1.82) is 0 Å². The van der Waals surface area contributed by atoms with Gasteiger partial charge in [-0.3, -0.25) is 4.90 Å². The summed E-state index contributed by atoms with van der Waals surface area (Å²) in [7, 11) is 0. The summed E-state index contributed by atoms with van der Waals surface area (Å²) in [6.07, 6.45) is 4.38. The molecular weight excluding hydrogens is 212 g/mol. The lowest BCUT2D eigenvalue weighted by Crippen LogP contribution is -2.34. The molecule has 4 nitrogen and oxygen atoms in total. The van der Waals surface area contributed by atoms with E-state index in [1.807, 2.05) is 13.0 Å². The summed E-state index contributed by atoms with van der Waals surface area (Å²) in [6, 6.07) is 2.57. The molecule has 1 saturated heterocycles. The Morgan fingerprint density at radius 2 is 2.41 bits per heavy atom. The molecule has 0 spiro atoms. The number of anilines is 2. The van der Waals surface area contributed by atoms with Gasteiger partial charge in [-0.1, -0.05) is 6.92 Å². The molecule has 0 saturated carbocycles. The molecule has 2 rings (SSSR count). The van der Waals surface area contributed by atoms with E-state index in [9.17, 15) is 0 Å². The van der Waals surface area contributed by atoms with Crippen molar-refractivity contribution in [2.45, 2.75) is 32.7 Å². The van der Waals surface area contributed by atoms with Gasteiger partial charge in [0.2, 0.25) is 0 Å². The van der Waals surface area contributed by atoms with Crippen LogP contribution in [0, 0.1) is 6.92 Å². The highest BCUT2D eigenvalue weighted by Gasteiger charge is 2.22. The number of hydrogen-bond donors (Lipinski definition) is 2. The molecule has 1 aliphatic heterocycles. The molecular formula is C13H22N4. The van der Waals surface area contributed by atoms with Crippen LogP contribution in [0.5, 0.6) is 0 Å². The maximum absolute atomic E-state index is 6.00. The summed E-state index contributed by atoms with van der Waals surface area (Å²) < 4.78 is 0. The van der Waals surface area contributed by atoms with Crippen molar-refractivity contribution in [1.82, 2.24) is 9.88 Å². The number of likely N-dealkylation sites (tertiary alicyclic amines) is 1. The van der Waals surface area contributed by atoms with Crippen molar-refractivity contribution in [3.8, 4) is 0 Å². The number of nitrogens with one attached hydrogen (secondary N) is 1. The molecule has 0 amide bonds.